The summed E-state index contributed by atoms with van der Waals surface area (Å²) in [6, 6.07) is 5.10. The molecule has 0 aliphatic carbocycles. The maximum absolute atomic E-state index is 12.0. The van der Waals surface area contributed by atoms with Crippen LogP contribution in [0.3, 0.4) is 0 Å². The Hall–Kier alpha value is -0.970. The monoisotopic (exact) mass is 330 g/mol. The average Bonchev–Trinajstić information content (AvgIpc) is 2.94. The molecular formula is C15H20Cl2N2O2. The van der Waals surface area contributed by atoms with Crippen LogP contribution < -0.4 is 10.5 Å². The number of amides is 1. The predicted octanol–water partition coefficient (Wildman–Crippen LogP) is 2.96. The number of nitrogens with zero attached hydrogens (tertiary/aromatic N) is 1. The molecule has 6 heteroatoms. The van der Waals surface area contributed by atoms with Gasteiger partial charge in [0, 0.05) is 24.5 Å². The van der Waals surface area contributed by atoms with Crippen molar-refractivity contribution >= 4 is 29.1 Å². The van der Waals surface area contributed by atoms with E-state index in [0.717, 1.165) is 19.5 Å². The topological polar surface area (TPSA) is 55.6 Å². The van der Waals surface area contributed by atoms with E-state index < -0.39 is 0 Å². The average molecular weight is 331 g/mol. The van der Waals surface area contributed by atoms with Crippen molar-refractivity contribution in [3.05, 3.63) is 28.2 Å². The lowest BCUT2D eigenvalue weighted by Gasteiger charge is -2.16. The largest absolute Gasteiger partial charge is 0.492 e. The van der Waals surface area contributed by atoms with Crippen molar-refractivity contribution in [2.45, 2.75) is 19.3 Å². The third-order valence-corrected chi connectivity index (χ3v) is 4.19. The summed E-state index contributed by atoms with van der Waals surface area (Å²) >= 11 is 11.8. The van der Waals surface area contributed by atoms with Crippen molar-refractivity contribution in [1.29, 1.82) is 0 Å². The molecule has 4 nitrogen and oxygen atoms in total. The second-order valence-corrected chi connectivity index (χ2v) is 6.10. The first-order valence-corrected chi connectivity index (χ1v) is 7.91. The summed E-state index contributed by atoms with van der Waals surface area (Å²) in [5, 5.41) is 1.06. The van der Waals surface area contributed by atoms with E-state index in [4.69, 9.17) is 33.7 Å². The summed E-state index contributed by atoms with van der Waals surface area (Å²) in [4.78, 5) is 13.9. The number of halogens is 2. The van der Waals surface area contributed by atoms with Crippen LogP contribution in [0.2, 0.25) is 10.0 Å². The first kappa shape index (κ1) is 16.4. The van der Waals surface area contributed by atoms with Crippen LogP contribution in [0.4, 0.5) is 0 Å². The van der Waals surface area contributed by atoms with Crippen LogP contribution in [-0.2, 0) is 4.79 Å². The Morgan fingerprint density at radius 3 is 2.90 bits per heavy atom. The molecule has 1 aromatic carbocycles. The lowest BCUT2D eigenvalue weighted by Crippen LogP contribution is -2.29. The molecule has 1 amide bonds. The number of ether oxygens (including phenoxy) is 1. The molecule has 2 N–H and O–H groups in total. The first-order chi connectivity index (χ1) is 10.1. The maximum atomic E-state index is 12.0. The Morgan fingerprint density at radius 1 is 1.43 bits per heavy atom. The predicted molar refractivity (Wildman–Crippen MR) is 84.9 cm³/mol. The van der Waals surface area contributed by atoms with E-state index >= 15 is 0 Å². The second kappa shape index (κ2) is 7.87. The van der Waals surface area contributed by atoms with Gasteiger partial charge in [-0.15, -0.1) is 0 Å². The molecule has 1 unspecified atom stereocenters. The first-order valence-electron chi connectivity index (χ1n) is 7.16. The number of nitrogens with two attached hydrogens (primary N) is 1. The third-order valence-electron chi connectivity index (χ3n) is 3.66. The maximum Gasteiger partial charge on any atom is 0.222 e. The quantitative estimate of drug-likeness (QED) is 0.816. The van der Waals surface area contributed by atoms with Gasteiger partial charge in [0.15, 0.2) is 0 Å². The van der Waals surface area contributed by atoms with Crippen LogP contribution in [0.25, 0.3) is 0 Å². The van der Waals surface area contributed by atoms with Crippen LogP contribution in [-0.4, -0.2) is 37.0 Å². The Kier molecular flexibility index (Phi) is 6.15. The van der Waals surface area contributed by atoms with E-state index in [0.29, 0.717) is 47.7 Å². The van der Waals surface area contributed by atoms with Crippen molar-refractivity contribution in [3.63, 3.8) is 0 Å². The van der Waals surface area contributed by atoms with Gasteiger partial charge in [-0.1, -0.05) is 23.2 Å². The normalized spacial score (nSPS) is 18.0. The van der Waals surface area contributed by atoms with Gasteiger partial charge in [-0.2, -0.15) is 0 Å². The van der Waals surface area contributed by atoms with Gasteiger partial charge in [0.25, 0.3) is 0 Å². The molecule has 0 aromatic heterocycles. The zero-order chi connectivity index (χ0) is 15.2. The van der Waals surface area contributed by atoms with Gasteiger partial charge in [0.2, 0.25) is 5.91 Å². The van der Waals surface area contributed by atoms with Crippen molar-refractivity contribution in [2.24, 2.45) is 11.7 Å². The summed E-state index contributed by atoms with van der Waals surface area (Å²) in [6.07, 6.45) is 2.17. The molecule has 21 heavy (non-hydrogen) atoms. The van der Waals surface area contributed by atoms with E-state index in [2.05, 4.69) is 0 Å². The van der Waals surface area contributed by atoms with E-state index in [9.17, 15) is 4.79 Å². The molecule has 1 atom stereocenters. The number of benzene rings is 1. The minimum atomic E-state index is 0.178. The molecule has 2 rings (SSSR count). The number of likely N-dealkylation sites (tertiary alicyclic amines) is 1. The number of carbonyl (C=O) groups is 1. The highest BCUT2D eigenvalue weighted by molar-refractivity contribution is 6.35. The number of rotatable bonds is 6. The van der Waals surface area contributed by atoms with E-state index in [1.165, 1.54) is 0 Å². The SMILES string of the molecule is NCC1CCN(C(=O)CCCOc2ccc(Cl)cc2Cl)C1. The Labute approximate surface area is 135 Å². The highest BCUT2D eigenvalue weighted by Crippen LogP contribution is 2.27. The van der Waals surface area contributed by atoms with Crippen molar-refractivity contribution < 1.29 is 9.53 Å². The van der Waals surface area contributed by atoms with Crippen LogP contribution in [0, 0.1) is 5.92 Å². The third kappa shape index (κ3) is 4.77. The van der Waals surface area contributed by atoms with E-state index in [-0.39, 0.29) is 5.91 Å². The van der Waals surface area contributed by atoms with Gasteiger partial charge in [-0.3, -0.25) is 4.79 Å². The summed E-state index contributed by atoms with van der Waals surface area (Å²) in [6.45, 7) is 2.73. The van der Waals surface area contributed by atoms with Crippen LogP contribution >= 0.6 is 23.2 Å². The summed E-state index contributed by atoms with van der Waals surface area (Å²) in [5.41, 5.74) is 5.63. The Balaban J connectivity index is 1.69. The fourth-order valence-corrected chi connectivity index (χ4v) is 2.87. The zero-order valence-electron chi connectivity index (χ0n) is 11.9. The zero-order valence-corrected chi connectivity index (χ0v) is 13.4. The highest BCUT2D eigenvalue weighted by Gasteiger charge is 2.24. The second-order valence-electron chi connectivity index (χ2n) is 5.26. The van der Waals surface area contributed by atoms with Crippen LogP contribution in [0.1, 0.15) is 19.3 Å². The number of carbonyl (C=O) groups excluding carboxylic acids is 1. The standard InChI is InChI=1S/C15H20Cl2N2O2/c16-12-3-4-14(13(17)8-12)21-7-1-2-15(20)19-6-5-11(9-18)10-19/h3-4,8,11H,1-2,5-7,9-10,18H2. The Morgan fingerprint density at radius 2 is 2.24 bits per heavy atom. The van der Waals surface area contributed by atoms with Gasteiger partial charge in [-0.25, -0.2) is 0 Å². The summed E-state index contributed by atoms with van der Waals surface area (Å²) < 4.78 is 5.57. The molecule has 1 aromatic rings. The molecule has 1 fully saturated rings. The number of hydrogen-bond acceptors (Lipinski definition) is 3. The minimum Gasteiger partial charge on any atom is -0.492 e. The smallest absolute Gasteiger partial charge is 0.222 e. The molecule has 1 saturated heterocycles. The summed E-state index contributed by atoms with van der Waals surface area (Å²) in [5.74, 6) is 1.23. The van der Waals surface area contributed by atoms with E-state index in [1.54, 1.807) is 18.2 Å². The molecule has 1 aliphatic rings. The molecule has 0 spiro atoms. The molecule has 0 bridgehead atoms. The van der Waals surface area contributed by atoms with Gasteiger partial charge < -0.3 is 15.4 Å². The lowest BCUT2D eigenvalue weighted by atomic mass is 10.1. The van der Waals surface area contributed by atoms with Crippen LogP contribution in [0.15, 0.2) is 18.2 Å². The summed E-state index contributed by atoms with van der Waals surface area (Å²) in [7, 11) is 0. The van der Waals surface area contributed by atoms with Gasteiger partial charge in [-0.05, 0) is 43.5 Å². The van der Waals surface area contributed by atoms with Gasteiger partial charge in [0.05, 0.1) is 11.6 Å². The van der Waals surface area contributed by atoms with Crippen molar-refractivity contribution in [1.82, 2.24) is 4.90 Å². The molecule has 0 saturated carbocycles. The molecule has 0 radical (unpaired) electrons. The van der Waals surface area contributed by atoms with Crippen molar-refractivity contribution in [3.8, 4) is 5.75 Å². The lowest BCUT2D eigenvalue weighted by molar-refractivity contribution is -0.130. The fraction of sp³-hybridized carbons (Fsp3) is 0.533. The molecular weight excluding hydrogens is 311 g/mol. The number of hydrogen-bond donors (Lipinski definition) is 1. The van der Waals surface area contributed by atoms with Gasteiger partial charge in [0.1, 0.15) is 5.75 Å². The van der Waals surface area contributed by atoms with Gasteiger partial charge >= 0.3 is 0 Å². The fourth-order valence-electron chi connectivity index (χ4n) is 2.41. The molecule has 116 valence electrons. The van der Waals surface area contributed by atoms with Crippen LogP contribution in [0.5, 0.6) is 5.75 Å². The minimum absolute atomic E-state index is 0.178. The van der Waals surface area contributed by atoms with Crippen molar-refractivity contribution in [2.75, 3.05) is 26.2 Å². The molecule has 1 aliphatic heterocycles. The van der Waals surface area contributed by atoms with E-state index in [1.807, 2.05) is 4.90 Å². The highest BCUT2D eigenvalue weighted by atomic mass is 35.5. The molecule has 1 heterocycles. The Bertz CT molecular complexity index is 497.